The zero-order chi connectivity index (χ0) is 13.4. The van der Waals surface area contributed by atoms with Crippen molar-refractivity contribution >= 4 is 21.9 Å². The molecular formula is C13H18BrN3O. The molecule has 0 saturated carbocycles. The number of ether oxygens (including phenoxy) is 1. The van der Waals surface area contributed by atoms with Gasteiger partial charge in [-0.1, -0.05) is 12.1 Å². The molecule has 0 aliphatic heterocycles. The number of nitrogens with one attached hydrogen (secondary N) is 2. The molecule has 0 unspecified atom stereocenters. The van der Waals surface area contributed by atoms with Crippen molar-refractivity contribution in [3.8, 4) is 5.75 Å². The van der Waals surface area contributed by atoms with Crippen LogP contribution in [0, 0.1) is 0 Å². The fourth-order valence-electron chi connectivity index (χ4n) is 1.40. The lowest BCUT2D eigenvalue weighted by atomic mass is 10.2. The molecule has 0 aliphatic rings. The van der Waals surface area contributed by atoms with E-state index in [1.807, 2.05) is 18.2 Å². The van der Waals surface area contributed by atoms with E-state index >= 15 is 0 Å². The molecule has 1 rings (SSSR count). The average Bonchev–Trinajstić information content (AvgIpc) is 2.39. The highest BCUT2D eigenvalue weighted by Crippen LogP contribution is 2.25. The maximum Gasteiger partial charge on any atom is 0.191 e. The van der Waals surface area contributed by atoms with Crippen molar-refractivity contribution in [2.24, 2.45) is 4.99 Å². The Morgan fingerprint density at radius 2 is 2.28 bits per heavy atom. The van der Waals surface area contributed by atoms with Crippen LogP contribution in [0.5, 0.6) is 5.75 Å². The van der Waals surface area contributed by atoms with Gasteiger partial charge in [0.25, 0.3) is 0 Å². The molecule has 0 aromatic heterocycles. The van der Waals surface area contributed by atoms with E-state index in [9.17, 15) is 0 Å². The van der Waals surface area contributed by atoms with Gasteiger partial charge in [0.05, 0.1) is 11.6 Å². The van der Waals surface area contributed by atoms with Crippen LogP contribution in [-0.4, -0.2) is 26.7 Å². The Morgan fingerprint density at radius 3 is 2.83 bits per heavy atom. The molecule has 0 aliphatic carbocycles. The summed E-state index contributed by atoms with van der Waals surface area (Å²) in [6.45, 7) is 5.03. The lowest BCUT2D eigenvalue weighted by molar-refractivity contribution is 0.412. The molecule has 98 valence electrons. The van der Waals surface area contributed by atoms with Crippen molar-refractivity contribution in [2.75, 3.05) is 20.7 Å². The van der Waals surface area contributed by atoms with Crippen LogP contribution in [-0.2, 0) is 6.54 Å². The summed E-state index contributed by atoms with van der Waals surface area (Å²) in [7, 11) is 3.39. The first kappa shape index (κ1) is 14.6. The molecular weight excluding hydrogens is 294 g/mol. The molecule has 1 aromatic carbocycles. The molecule has 2 N–H and O–H groups in total. The highest BCUT2D eigenvalue weighted by atomic mass is 79.9. The number of aliphatic imine (C=N–C) groups is 1. The maximum atomic E-state index is 5.19. The number of rotatable bonds is 5. The minimum absolute atomic E-state index is 0.686. The summed E-state index contributed by atoms with van der Waals surface area (Å²) in [5.41, 5.74) is 1.14. The first-order chi connectivity index (χ1) is 8.71. The van der Waals surface area contributed by atoms with E-state index < -0.39 is 0 Å². The number of benzene rings is 1. The molecule has 4 nitrogen and oxygen atoms in total. The van der Waals surface area contributed by atoms with Crippen molar-refractivity contribution in [3.05, 3.63) is 40.9 Å². The van der Waals surface area contributed by atoms with Crippen LogP contribution in [0.3, 0.4) is 0 Å². The van der Waals surface area contributed by atoms with Gasteiger partial charge in [-0.2, -0.15) is 0 Å². The lowest BCUT2D eigenvalue weighted by Gasteiger charge is -2.11. The maximum absolute atomic E-state index is 5.19. The van der Waals surface area contributed by atoms with Crippen LogP contribution in [0.15, 0.2) is 40.3 Å². The summed E-state index contributed by atoms with van der Waals surface area (Å²) in [6, 6.07) is 5.96. The quantitative estimate of drug-likeness (QED) is 0.498. The van der Waals surface area contributed by atoms with Gasteiger partial charge in [-0.3, -0.25) is 4.99 Å². The lowest BCUT2D eigenvalue weighted by Crippen LogP contribution is -2.36. The van der Waals surface area contributed by atoms with E-state index in [1.165, 1.54) is 0 Å². The van der Waals surface area contributed by atoms with Gasteiger partial charge in [0, 0.05) is 20.1 Å². The van der Waals surface area contributed by atoms with Crippen LogP contribution in [0.1, 0.15) is 5.56 Å². The second-order valence-electron chi connectivity index (χ2n) is 3.56. The summed E-state index contributed by atoms with van der Waals surface area (Å²) >= 11 is 3.46. The van der Waals surface area contributed by atoms with E-state index in [-0.39, 0.29) is 0 Å². The third-order valence-electron chi connectivity index (χ3n) is 2.31. The Morgan fingerprint density at radius 1 is 1.50 bits per heavy atom. The predicted molar refractivity (Wildman–Crippen MR) is 79.1 cm³/mol. The highest BCUT2D eigenvalue weighted by Gasteiger charge is 2.02. The highest BCUT2D eigenvalue weighted by molar-refractivity contribution is 9.10. The van der Waals surface area contributed by atoms with Gasteiger partial charge in [0.15, 0.2) is 5.96 Å². The monoisotopic (exact) mass is 311 g/mol. The van der Waals surface area contributed by atoms with Crippen molar-refractivity contribution < 1.29 is 4.74 Å². The minimum Gasteiger partial charge on any atom is -0.496 e. The zero-order valence-electron chi connectivity index (χ0n) is 10.7. The minimum atomic E-state index is 0.686. The largest absolute Gasteiger partial charge is 0.496 e. The van der Waals surface area contributed by atoms with E-state index in [0.717, 1.165) is 21.7 Å². The third-order valence-corrected chi connectivity index (χ3v) is 2.93. The predicted octanol–water partition coefficient (Wildman–Crippen LogP) is 2.31. The molecule has 1 aromatic rings. The molecule has 0 radical (unpaired) electrons. The first-order valence-electron chi connectivity index (χ1n) is 5.59. The van der Waals surface area contributed by atoms with Crippen LogP contribution >= 0.6 is 15.9 Å². The Hall–Kier alpha value is -1.49. The number of guanidine groups is 1. The van der Waals surface area contributed by atoms with E-state index in [4.69, 9.17) is 4.74 Å². The topological polar surface area (TPSA) is 45.7 Å². The molecule has 0 fully saturated rings. The molecule has 0 spiro atoms. The van der Waals surface area contributed by atoms with Crippen LogP contribution in [0.25, 0.3) is 0 Å². The van der Waals surface area contributed by atoms with E-state index in [0.29, 0.717) is 13.1 Å². The standard InChI is InChI=1S/C13H18BrN3O/c1-4-7-16-13(15-2)17-9-10-5-6-12(18-3)11(14)8-10/h4-6,8H,1,7,9H2,2-3H3,(H2,15,16,17). The van der Waals surface area contributed by atoms with Crippen molar-refractivity contribution in [1.82, 2.24) is 10.6 Å². The Kier molecular flexibility index (Phi) is 6.28. The molecule has 0 saturated heterocycles. The fraction of sp³-hybridized carbons (Fsp3) is 0.308. The van der Waals surface area contributed by atoms with Gasteiger partial charge in [0.2, 0.25) is 0 Å². The number of nitrogens with zero attached hydrogens (tertiary/aromatic N) is 1. The third kappa shape index (κ3) is 4.41. The number of methoxy groups -OCH3 is 1. The van der Waals surface area contributed by atoms with Gasteiger partial charge in [0.1, 0.15) is 5.75 Å². The number of halogens is 1. The average molecular weight is 312 g/mol. The Balaban J connectivity index is 2.57. The normalized spacial score (nSPS) is 10.9. The summed E-state index contributed by atoms with van der Waals surface area (Å²) in [4.78, 5) is 4.11. The van der Waals surface area contributed by atoms with Crippen LogP contribution in [0.4, 0.5) is 0 Å². The fourth-order valence-corrected chi connectivity index (χ4v) is 1.98. The van der Waals surface area contributed by atoms with Crippen molar-refractivity contribution in [1.29, 1.82) is 0 Å². The molecule has 0 heterocycles. The van der Waals surface area contributed by atoms with Crippen LogP contribution in [0.2, 0.25) is 0 Å². The zero-order valence-corrected chi connectivity index (χ0v) is 12.3. The Bertz CT molecular complexity index is 432. The number of hydrogen-bond donors (Lipinski definition) is 2. The van der Waals surface area contributed by atoms with Gasteiger partial charge < -0.3 is 15.4 Å². The van der Waals surface area contributed by atoms with Crippen molar-refractivity contribution in [3.63, 3.8) is 0 Å². The second kappa shape index (κ2) is 7.76. The molecule has 0 amide bonds. The van der Waals surface area contributed by atoms with Gasteiger partial charge in [-0.25, -0.2) is 0 Å². The molecule has 5 heteroatoms. The molecule has 0 bridgehead atoms. The van der Waals surface area contributed by atoms with Crippen molar-refractivity contribution in [2.45, 2.75) is 6.54 Å². The SMILES string of the molecule is C=CCNC(=NC)NCc1ccc(OC)c(Br)c1. The Labute approximate surface area is 116 Å². The van der Waals surface area contributed by atoms with Gasteiger partial charge in [-0.05, 0) is 33.6 Å². The van der Waals surface area contributed by atoms with E-state index in [1.54, 1.807) is 20.2 Å². The molecule has 0 atom stereocenters. The molecule has 18 heavy (non-hydrogen) atoms. The van der Waals surface area contributed by atoms with Gasteiger partial charge >= 0.3 is 0 Å². The number of hydrogen-bond acceptors (Lipinski definition) is 2. The van der Waals surface area contributed by atoms with E-state index in [2.05, 4.69) is 38.1 Å². The summed E-state index contributed by atoms with van der Waals surface area (Å²) < 4.78 is 6.13. The summed E-state index contributed by atoms with van der Waals surface area (Å²) in [5, 5.41) is 6.33. The smallest absolute Gasteiger partial charge is 0.191 e. The van der Waals surface area contributed by atoms with Gasteiger partial charge in [-0.15, -0.1) is 6.58 Å². The first-order valence-corrected chi connectivity index (χ1v) is 6.38. The summed E-state index contributed by atoms with van der Waals surface area (Å²) in [5.74, 6) is 1.58. The van der Waals surface area contributed by atoms with Crippen LogP contribution < -0.4 is 15.4 Å². The second-order valence-corrected chi connectivity index (χ2v) is 4.42. The summed E-state index contributed by atoms with van der Waals surface area (Å²) in [6.07, 6.45) is 1.79.